The van der Waals surface area contributed by atoms with Gasteiger partial charge in [-0.05, 0) is 111 Å². The summed E-state index contributed by atoms with van der Waals surface area (Å²) in [4.78, 5) is 2.44. The number of hydrogen-bond donors (Lipinski definition) is 0. The molecule has 2 nitrogen and oxygen atoms in total. The van der Waals surface area contributed by atoms with E-state index in [2.05, 4.69) is 148 Å². The summed E-state index contributed by atoms with van der Waals surface area (Å²) < 4.78 is 6.45. The third-order valence-corrected chi connectivity index (χ3v) is 12.5. The van der Waals surface area contributed by atoms with E-state index < -0.39 is 0 Å². The van der Waals surface area contributed by atoms with Crippen LogP contribution < -0.4 is 4.90 Å². The summed E-state index contributed by atoms with van der Waals surface area (Å²) in [7, 11) is 0. The molecule has 1 fully saturated rings. The molecule has 0 amide bonds. The van der Waals surface area contributed by atoms with Gasteiger partial charge in [-0.25, -0.2) is 0 Å². The van der Waals surface area contributed by atoms with Crippen LogP contribution >= 0.6 is 0 Å². The minimum atomic E-state index is -0.0959. The van der Waals surface area contributed by atoms with Crippen molar-refractivity contribution in [3.63, 3.8) is 0 Å². The molecule has 1 saturated carbocycles. The van der Waals surface area contributed by atoms with Crippen LogP contribution in [0.15, 0.2) is 126 Å². The van der Waals surface area contributed by atoms with Crippen molar-refractivity contribution in [3.05, 3.63) is 149 Å². The average molecular weight is 650 g/mol. The van der Waals surface area contributed by atoms with Crippen molar-refractivity contribution in [1.82, 2.24) is 0 Å². The molecule has 6 aromatic carbocycles. The molecule has 7 aromatic rings. The molecule has 3 aliphatic rings. The molecule has 0 N–H and O–H groups in total. The summed E-state index contributed by atoms with van der Waals surface area (Å²) in [5.74, 6) is 0.697. The van der Waals surface area contributed by atoms with Gasteiger partial charge in [-0.3, -0.25) is 0 Å². The van der Waals surface area contributed by atoms with Crippen molar-refractivity contribution >= 4 is 39.0 Å². The van der Waals surface area contributed by atoms with E-state index in [0.717, 1.165) is 33.3 Å². The summed E-state index contributed by atoms with van der Waals surface area (Å²) in [5.41, 5.74) is 17.7. The second-order valence-corrected chi connectivity index (χ2v) is 16.0. The highest BCUT2D eigenvalue weighted by Crippen LogP contribution is 2.54. The van der Waals surface area contributed by atoms with E-state index in [1.54, 1.807) is 0 Å². The Balaban J connectivity index is 1.13. The summed E-state index contributed by atoms with van der Waals surface area (Å²) in [6.07, 6.45) is 6.75. The maximum atomic E-state index is 6.45. The van der Waals surface area contributed by atoms with Crippen LogP contribution in [0.25, 0.3) is 44.2 Å². The number of para-hydroxylation sites is 1. The van der Waals surface area contributed by atoms with Crippen LogP contribution in [0, 0.1) is 0 Å². The molecule has 0 radical (unpaired) electrons. The van der Waals surface area contributed by atoms with Gasteiger partial charge < -0.3 is 9.32 Å². The lowest BCUT2D eigenvalue weighted by Gasteiger charge is -2.30. The van der Waals surface area contributed by atoms with Crippen LogP contribution in [0.5, 0.6) is 0 Å². The number of nitrogens with zero attached hydrogens (tertiary/aromatic N) is 1. The standard InChI is InChI=1S/C48H43NO/c1-47(2)41-16-10-8-14-35(41)37-23-19-32(27-43(37)47)49(34-21-25-40-39-15-9-11-17-45(39)50-46(40)29-34)33-20-24-38-36-22-18-31(30-12-6-5-7-13-30)26-42(36)48(3,4)44(38)28-33/h8-11,14-30H,5-7,12-13H2,1-4H3. The van der Waals surface area contributed by atoms with Gasteiger partial charge in [-0.15, -0.1) is 0 Å². The minimum Gasteiger partial charge on any atom is -0.456 e. The molecule has 0 saturated heterocycles. The third-order valence-electron chi connectivity index (χ3n) is 12.5. The zero-order chi connectivity index (χ0) is 33.8. The highest BCUT2D eigenvalue weighted by molar-refractivity contribution is 6.06. The minimum absolute atomic E-state index is 0.0894. The first-order chi connectivity index (χ1) is 24.3. The largest absolute Gasteiger partial charge is 0.456 e. The number of fused-ring (bicyclic) bond motifs is 9. The van der Waals surface area contributed by atoms with E-state index in [4.69, 9.17) is 4.42 Å². The van der Waals surface area contributed by atoms with Gasteiger partial charge in [0.05, 0.1) is 0 Å². The molecular formula is C48H43NO. The highest BCUT2D eigenvalue weighted by atomic mass is 16.3. The van der Waals surface area contributed by atoms with Gasteiger partial charge in [-0.1, -0.05) is 120 Å². The van der Waals surface area contributed by atoms with E-state index in [-0.39, 0.29) is 10.8 Å². The van der Waals surface area contributed by atoms with Crippen molar-refractivity contribution in [2.24, 2.45) is 0 Å². The first-order valence-corrected chi connectivity index (χ1v) is 18.5. The smallest absolute Gasteiger partial charge is 0.137 e. The lowest BCUT2D eigenvalue weighted by atomic mass is 9.79. The number of rotatable bonds is 4. The first-order valence-electron chi connectivity index (χ1n) is 18.5. The second-order valence-electron chi connectivity index (χ2n) is 16.0. The topological polar surface area (TPSA) is 16.4 Å². The maximum absolute atomic E-state index is 6.45. The maximum Gasteiger partial charge on any atom is 0.137 e. The molecule has 3 aliphatic carbocycles. The number of benzene rings is 6. The van der Waals surface area contributed by atoms with Gasteiger partial charge in [0.15, 0.2) is 0 Å². The number of hydrogen-bond acceptors (Lipinski definition) is 2. The van der Waals surface area contributed by atoms with Crippen LogP contribution in [0.1, 0.15) is 93.5 Å². The summed E-state index contributed by atoms with van der Waals surface area (Å²) in [6, 6.07) is 45.6. The fourth-order valence-electron chi connectivity index (χ4n) is 9.70. The highest BCUT2D eigenvalue weighted by Gasteiger charge is 2.38. The molecule has 0 spiro atoms. The predicted octanol–water partition coefficient (Wildman–Crippen LogP) is 13.7. The Hall–Kier alpha value is -5.08. The third kappa shape index (κ3) is 4.27. The molecule has 50 heavy (non-hydrogen) atoms. The van der Waals surface area contributed by atoms with Crippen molar-refractivity contribution in [2.45, 2.75) is 76.5 Å². The molecule has 0 bridgehead atoms. The molecule has 10 rings (SSSR count). The van der Waals surface area contributed by atoms with Crippen LogP contribution in [0.2, 0.25) is 0 Å². The van der Waals surface area contributed by atoms with Gasteiger partial charge in [-0.2, -0.15) is 0 Å². The fraction of sp³-hybridized carbons (Fsp3) is 0.250. The van der Waals surface area contributed by atoms with Gasteiger partial charge in [0.1, 0.15) is 11.2 Å². The van der Waals surface area contributed by atoms with E-state index in [9.17, 15) is 0 Å². The molecular weight excluding hydrogens is 607 g/mol. The fourth-order valence-corrected chi connectivity index (χ4v) is 9.70. The molecule has 0 aliphatic heterocycles. The van der Waals surface area contributed by atoms with Crippen LogP contribution in [0.3, 0.4) is 0 Å². The monoisotopic (exact) mass is 649 g/mol. The van der Waals surface area contributed by atoms with Gasteiger partial charge in [0.25, 0.3) is 0 Å². The zero-order valence-electron chi connectivity index (χ0n) is 29.5. The Bertz CT molecular complexity index is 2490. The average Bonchev–Trinajstić information content (AvgIpc) is 3.71. The van der Waals surface area contributed by atoms with Gasteiger partial charge >= 0.3 is 0 Å². The van der Waals surface area contributed by atoms with Crippen molar-refractivity contribution in [2.75, 3.05) is 4.90 Å². The quantitative estimate of drug-likeness (QED) is 0.189. The van der Waals surface area contributed by atoms with E-state index in [1.807, 2.05) is 6.07 Å². The number of anilines is 3. The Morgan fingerprint density at radius 2 is 1.02 bits per heavy atom. The SMILES string of the molecule is CC1(C)c2ccccc2-c2ccc(N(c3ccc4c(c3)C(C)(C)c3cc(C5CCCCC5)ccc3-4)c3ccc4c(c3)oc3ccccc34)cc21. The number of furan rings is 1. The van der Waals surface area contributed by atoms with E-state index in [1.165, 1.54) is 87.9 Å². The molecule has 1 aromatic heterocycles. The molecule has 0 atom stereocenters. The Labute approximate surface area is 295 Å². The summed E-state index contributed by atoms with van der Waals surface area (Å²) in [5, 5.41) is 2.30. The summed E-state index contributed by atoms with van der Waals surface area (Å²) in [6.45, 7) is 9.57. The van der Waals surface area contributed by atoms with Crippen LogP contribution in [-0.2, 0) is 10.8 Å². The van der Waals surface area contributed by atoms with Crippen LogP contribution in [0.4, 0.5) is 17.1 Å². The summed E-state index contributed by atoms with van der Waals surface area (Å²) >= 11 is 0. The molecule has 246 valence electrons. The van der Waals surface area contributed by atoms with Crippen molar-refractivity contribution in [3.8, 4) is 22.3 Å². The molecule has 1 heterocycles. The van der Waals surface area contributed by atoms with Crippen molar-refractivity contribution in [1.29, 1.82) is 0 Å². The van der Waals surface area contributed by atoms with Crippen LogP contribution in [-0.4, -0.2) is 0 Å². The Morgan fingerprint density at radius 1 is 0.480 bits per heavy atom. The van der Waals surface area contributed by atoms with Gasteiger partial charge in [0.2, 0.25) is 0 Å². The normalized spacial score (nSPS) is 17.0. The second kappa shape index (κ2) is 10.7. The predicted molar refractivity (Wildman–Crippen MR) is 209 cm³/mol. The lowest BCUT2D eigenvalue weighted by Crippen LogP contribution is -2.18. The Morgan fingerprint density at radius 3 is 1.76 bits per heavy atom. The molecule has 2 heteroatoms. The first kappa shape index (κ1) is 29.8. The lowest BCUT2D eigenvalue weighted by molar-refractivity contribution is 0.443. The zero-order valence-corrected chi connectivity index (χ0v) is 29.5. The van der Waals surface area contributed by atoms with E-state index >= 15 is 0 Å². The molecule has 0 unspecified atom stereocenters. The van der Waals surface area contributed by atoms with Crippen molar-refractivity contribution < 1.29 is 4.42 Å². The Kier molecular flexibility index (Phi) is 6.38. The van der Waals surface area contributed by atoms with Gasteiger partial charge in [0, 0.05) is 44.7 Å². The van der Waals surface area contributed by atoms with E-state index in [0.29, 0.717) is 5.92 Å².